The molecular formula is C15H18N4O2S2. The highest BCUT2D eigenvalue weighted by Gasteiger charge is 2.33. The average Bonchev–Trinajstić information content (AvgIpc) is 3.00. The van der Waals surface area contributed by atoms with Crippen molar-refractivity contribution < 1.29 is 9.53 Å². The van der Waals surface area contributed by atoms with Crippen molar-refractivity contribution in [1.29, 1.82) is 0 Å². The lowest BCUT2D eigenvalue weighted by Crippen LogP contribution is -2.22. The fourth-order valence-corrected chi connectivity index (χ4v) is 4.60. The van der Waals surface area contributed by atoms with E-state index in [1.165, 1.54) is 35.7 Å². The summed E-state index contributed by atoms with van der Waals surface area (Å²) in [7, 11) is 0. The second-order valence-electron chi connectivity index (χ2n) is 5.85. The molecule has 0 bridgehead atoms. The van der Waals surface area contributed by atoms with Gasteiger partial charge in [0.25, 0.3) is 0 Å². The summed E-state index contributed by atoms with van der Waals surface area (Å²) >= 11 is 3.01. The normalized spacial score (nSPS) is 20.9. The van der Waals surface area contributed by atoms with Crippen LogP contribution in [0.1, 0.15) is 65.9 Å². The van der Waals surface area contributed by atoms with Crippen LogP contribution in [0.5, 0.6) is 0 Å². The zero-order valence-corrected chi connectivity index (χ0v) is 14.5. The number of carbonyl (C=O) groups is 1. The third kappa shape index (κ3) is 2.97. The summed E-state index contributed by atoms with van der Waals surface area (Å²) in [6.45, 7) is 3.14. The molecule has 2 aliphatic rings. The number of carbonyl (C=O) groups excluding carboxylic acids is 1. The maximum Gasteiger partial charge on any atom is 0.357 e. The van der Waals surface area contributed by atoms with Crippen molar-refractivity contribution in [3.8, 4) is 0 Å². The minimum absolute atomic E-state index is 0.197. The fourth-order valence-electron chi connectivity index (χ4n) is 2.84. The molecule has 122 valence electrons. The highest BCUT2D eigenvalue weighted by atomic mass is 32.1. The third-order valence-electron chi connectivity index (χ3n) is 4.16. The van der Waals surface area contributed by atoms with Gasteiger partial charge in [0, 0.05) is 29.4 Å². The van der Waals surface area contributed by atoms with Crippen LogP contribution >= 0.6 is 22.9 Å². The zero-order valence-electron chi connectivity index (χ0n) is 12.9. The minimum atomic E-state index is -0.341. The molecular weight excluding hydrogens is 332 g/mol. The molecule has 23 heavy (non-hydrogen) atoms. The van der Waals surface area contributed by atoms with Gasteiger partial charge < -0.3 is 9.64 Å². The van der Waals surface area contributed by atoms with Crippen LogP contribution in [0.3, 0.4) is 0 Å². The second-order valence-corrected chi connectivity index (χ2v) is 7.47. The van der Waals surface area contributed by atoms with E-state index in [1.54, 1.807) is 12.3 Å². The number of rotatable bonds is 5. The summed E-state index contributed by atoms with van der Waals surface area (Å²) in [6, 6.07) is 0.197. The predicted octanol–water partition coefficient (Wildman–Crippen LogP) is 3.39. The fraction of sp³-hybridized carbons (Fsp3) is 0.600. The van der Waals surface area contributed by atoms with Gasteiger partial charge in [0.1, 0.15) is 10.8 Å². The first-order valence-corrected chi connectivity index (χ1v) is 9.64. The van der Waals surface area contributed by atoms with Gasteiger partial charge in [-0.3, -0.25) is 0 Å². The lowest BCUT2D eigenvalue weighted by Gasteiger charge is -2.21. The van der Waals surface area contributed by atoms with Crippen LogP contribution in [-0.4, -0.2) is 33.5 Å². The van der Waals surface area contributed by atoms with Crippen LogP contribution < -0.4 is 4.90 Å². The topological polar surface area (TPSA) is 68.2 Å². The molecule has 0 N–H and O–H groups in total. The van der Waals surface area contributed by atoms with Crippen molar-refractivity contribution in [2.75, 3.05) is 18.1 Å². The first-order valence-electron chi connectivity index (χ1n) is 7.99. The Kier molecular flexibility index (Phi) is 4.02. The van der Waals surface area contributed by atoms with Gasteiger partial charge in [-0.05, 0) is 32.6 Å². The Labute approximate surface area is 142 Å². The van der Waals surface area contributed by atoms with Gasteiger partial charge >= 0.3 is 5.97 Å². The monoisotopic (exact) mass is 350 g/mol. The van der Waals surface area contributed by atoms with Crippen molar-refractivity contribution >= 4 is 34.0 Å². The molecule has 8 heteroatoms. The molecule has 0 spiro atoms. The highest BCUT2D eigenvalue weighted by Crippen LogP contribution is 2.42. The van der Waals surface area contributed by atoms with Gasteiger partial charge in [0.05, 0.1) is 12.6 Å². The number of nitrogens with zero attached hydrogens (tertiary/aromatic N) is 4. The van der Waals surface area contributed by atoms with Crippen molar-refractivity contribution in [2.24, 2.45) is 0 Å². The Bertz CT molecular complexity index is 710. The Balaban J connectivity index is 1.53. The summed E-state index contributed by atoms with van der Waals surface area (Å²) in [6.07, 6.45) is 4.58. The van der Waals surface area contributed by atoms with E-state index in [0.29, 0.717) is 18.2 Å². The Morgan fingerprint density at radius 3 is 3.04 bits per heavy atom. The van der Waals surface area contributed by atoms with Crippen LogP contribution in [0.15, 0.2) is 5.38 Å². The van der Waals surface area contributed by atoms with E-state index < -0.39 is 0 Å². The molecule has 6 nitrogen and oxygen atoms in total. The number of aromatic nitrogens is 3. The number of esters is 1. The van der Waals surface area contributed by atoms with Gasteiger partial charge in [-0.2, -0.15) is 4.37 Å². The molecule has 1 aliphatic heterocycles. The van der Waals surface area contributed by atoms with Crippen molar-refractivity contribution in [3.05, 3.63) is 21.9 Å². The van der Waals surface area contributed by atoms with Crippen molar-refractivity contribution in [1.82, 2.24) is 14.3 Å². The molecule has 0 amide bonds. The van der Waals surface area contributed by atoms with E-state index in [2.05, 4.69) is 14.3 Å². The standard InChI is InChI=1S/C15H18N4O2S2/c1-2-21-14(20)10-8-22-13(16-10)11-4-3-7-19(11)15-17-12(18-23-15)9-5-6-9/h8-9,11H,2-7H2,1H3. The molecule has 1 atom stereocenters. The maximum atomic E-state index is 11.8. The predicted molar refractivity (Wildman–Crippen MR) is 89.3 cm³/mol. The van der Waals surface area contributed by atoms with E-state index in [-0.39, 0.29) is 12.0 Å². The summed E-state index contributed by atoms with van der Waals surface area (Å²) in [5, 5.41) is 3.75. The van der Waals surface area contributed by atoms with Gasteiger partial charge in [0.2, 0.25) is 5.13 Å². The molecule has 1 saturated heterocycles. The summed E-state index contributed by atoms with van der Waals surface area (Å²) < 4.78 is 9.53. The lowest BCUT2D eigenvalue weighted by atomic mass is 10.2. The zero-order chi connectivity index (χ0) is 15.8. The van der Waals surface area contributed by atoms with E-state index in [4.69, 9.17) is 9.72 Å². The Morgan fingerprint density at radius 1 is 1.39 bits per heavy atom. The molecule has 2 fully saturated rings. The van der Waals surface area contributed by atoms with Crippen LogP contribution in [0.2, 0.25) is 0 Å². The lowest BCUT2D eigenvalue weighted by molar-refractivity contribution is 0.0520. The number of hydrogen-bond acceptors (Lipinski definition) is 8. The number of anilines is 1. The number of thiazole rings is 1. The van der Waals surface area contributed by atoms with Crippen LogP contribution in [0.25, 0.3) is 0 Å². The third-order valence-corrected chi connectivity index (χ3v) is 5.88. The quantitative estimate of drug-likeness (QED) is 0.770. The molecule has 1 aliphatic carbocycles. The highest BCUT2D eigenvalue weighted by molar-refractivity contribution is 7.10. The van der Waals surface area contributed by atoms with Crippen molar-refractivity contribution in [3.63, 3.8) is 0 Å². The SMILES string of the molecule is CCOC(=O)c1csc(C2CCCN2c2nc(C3CC3)ns2)n1. The molecule has 1 unspecified atom stereocenters. The van der Waals surface area contributed by atoms with Crippen LogP contribution in [0.4, 0.5) is 5.13 Å². The molecule has 2 aromatic rings. The first kappa shape index (κ1) is 15.0. The van der Waals surface area contributed by atoms with E-state index in [0.717, 1.165) is 35.3 Å². The van der Waals surface area contributed by atoms with E-state index >= 15 is 0 Å². The maximum absolute atomic E-state index is 11.8. The largest absolute Gasteiger partial charge is 0.461 e. The van der Waals surface area contributed by atoms with Crippen molar-refractivity contribution in [2.45, 2.75) is 44.6 Å². The average molecular weight is 350 g/mol. The second kappa shape index (κ2) is 6.16. The van der Waals surface area contributed by atoms with Gasteiger partial charge in [-0.15, -0.1) is 11.3 Å². The van der Waals surface area contributed by atoms with Gasteiger partial charge in [-0.25, -0.2) is 14.8 Å². The molecule has 2 aromatic heterocycles. The van der Waals surface area contributed by atoms with Gasteiger partial charge in [0.15, 0.2) is 5.69 Å². The molecule has 1 saturated carbocycles. The van der Waals surface area contributed by atoms with E-state index in [9.17, 15) is 4.79 Å². The molecule has 0 radical (unpaired) electrons. The van der Waals surface area contributed by atoms with Gasteiger partial charge in [-0.1, -0.05) is 0 Å². The molecule has 0 aromatic carbocycles. The summed E-state index contributed by atoms with van der Waals surface area (Å²) in [5.74, 6) is 1.24. The first-order chi connectivity index (χ1) is 11.3. The van der Waals surface area contributed by atoms with Crippen LogP contribution in [0, 0.1) is 0 Å². The summed E-state index contributed by atoms with van der Waals surface area (Å²) in [5.41, 5.74) is 0.412. The number of hydrogen-bond donors (Lipinski definition) is 0. The Hall–Kier alpha value is -1.54. The Morgan fingerprint density at radius 2 is 2.26 bits per heavy atom. The summed E-state index contributed by atoms with van der Waals surface area (Å²) in [4.78, 5) is 23.3. The van der Waals surface area contributed by atoms with Crippen LogP contribution in [-0.2, 0) is 4.74 Å². The number of ether oxygens (including phenoxy) is 1. The van der Waals surface area contributed by atoms with E-state index in [1.807, 2.05) is 0 Å². The smallest absolute Gasteiger partial charge is 0.357 e. The molecule has 4 rings (SSSR count). The minimum Gasteiger partial charge on any atom is -0.461 e. The molecule has 3 heterocycles.